The first-order valence-electron chi connectivity index (χ1n) is 8.18. The van der Waals surface area contributed by atoms with Crippen LogP contribution in [0.5, 0.6) is 0 Å². The van der Waals surface area contributed by atoms with Crippen molar-refractivity contribution >= 4 is 0 Å². The van der Waals surface area contributed by atoms with Gasteiger partial charge in [0, 0.05) is 51.2 Å². The summed E-state index contributed by atoms with van der Waals surface area (Å²) >= 11 is 0. The Morgan fingerprint density at radius 2 is 1.75 bits per heavy atom. The van der Waals surface area contributed by atoms with Gasteiger partial charge in [-0.3, -0.25) is 14.8 Å². The fraction of sp³-hybridized carbons (Fsp3) is 0.706. The zero-order valence-corrected chi connectivity index (χ0v) is 12.7. The lowest BCUT2D eigenvalue weighted by atomic mass is 9.84. The predicted octanol–water partition coefficient (Wildman–Crippen LogP) is 2.78. The van der Waals surface area contributed by atoms with E-state index in [4.69, 9.17) is 0 Å². The average molecular weight is 273 g/mol. The van der Waals surface area contributed by atoms with Crippen molar-refractivity contribution in [3.05, 3.63) is 30.1 Å². The van der Waals surface area contributed by atoms with Gasteiger partial charge in [0.2, 0.25) is 0 Å². The van der Waals surface area contributed by atoms with Gasteiger partial charge >= 0.3 is 0 Å². The first-order chi connectivity index (χ1) is 9.83. The van der Waals surface area contributed by atoms with E-state index in [1.165, 1.54) is 57.4 Å². The van der Waals surface area contributed by atoms with E-state index >= 15 is 0 Å². The number of aromatic nitrogens is 1. The minimum atomic E-state index is 0.854. The molecule has 20 heavy (non-hydrogen) atoms. The number of hydrogen-bond donors (Lipinski definition) is 0. The molecule has 1 aromatic heterocycles. The summed E-state index contributed by atoms with van der Waals surface area (Å²) in [5.41, 5.74) is 1.39. The van der Waals surface area contributed by atoms with Crippen molar-refractivity contribution in [3.8, 4) is 0 Å². The second-order valence-corrected chi connectivity index (χ2v) is 6.50. The molecule has 1 aliphatic carbocycles. The third-order valence-electron chi connectivity index (χ3n) is 5.10. The van der Waals surface area contributed by atoms with Gasteiger partial charge in [-0.15, -0.1) is 0 Å². The summed E-state index contributed by atoms with van der Waals surface area (Å²) in [6.45, 7) is 8.46. The highest BCUT2D eigenvalue weighted by molar-refractivity contribution is 5.09. The van der Waals surface area contributed by atoms with Gasteiger partial charge in [-0.05, 0) is 36.5 Å². The van der Waals surface area contributed by atoms with Crippen LogP contribution in [0.25, 0.3) is 0 Å². The maximum Gasteiger partial charge on any atom is 0.0271 e. The van der Waals surface area contributed by atoms with Gasteiger partial charge in [0.1, 0.15) is 0 Å². The van der Waals surface area contributed by atoms with Gasteiger partial charge < -0.3 is 0 Å². The third-order valence-corrected chi connectivity index (χ3v) is 5.10. The molecule has 1 aliphatic heterocycles. The molecule has 0 radical (unpaired) electrons. The van der Waals surface area contributed by atoms with Crippen LogP contribution in [0, 0.1) is 5.92 Å². The molecule has 1 saturated carbocycles. The van der Waals surface area contributed by atoms with Crippen molar-refractivity contribution in [1.82, 2.24) is 14.8 Å². The lowest BCUT2D eigenvalue weighted by Gasteiger charge is -2.43. The fourth-order valence-electron chi connectivity index (χ4n) is 3.84. The van der Waals surface area contributed by atoms with Gasteiger partial charge in [-0.2, -0.15) is 0 Å². The number of hydrogen-bond acceptors (Lipinski definition) is 3. The summed E-state index contributed by atoms with van der Waals surface area (Å²) < 4.78 is 0. The van der Waals surface area contributed by atoms with Crippen molar-refractivity contribution in [2.45, 2.75) is 45.2 Å². The zero-order chi connectivity index (χ0) is 13.8. The molecular weight excluding hydrogens is 246 g/mol. The molecule has 0 aromatic carbocycles. The molecule has 3 rings (SSSR count). The predicted molar refractivity (Wildman–Crippen MR) is 82.5 cm³/mol. The van der Waals surface area contributed by atoms with Gasteiger partial charge in [0.05, 0.1) is 0 Å². The standard InChI is InChI=1S/C17H27N3/c1-15-4-2-3-5-17(15)20-12-10-19(11-13-20)14-16-6-8-18-9-7-16/h6-9,15,17H,2-5,10-14H2,1H3/t15-,17-/m0/s1. The lowest BCUT2D eigenvalue weighted by molar-refractivity contribution is 0.0518. The first kappa shape index (κ1) is 14.0. The summed E-state index contributed by atoms with van der Waals surface area (Å²) in [5.74, 6) is 0.899. The van der Waals surface area contributed by atoms with Crippen molar-refractivity contribution in [2.24, 2.45) is 5.92 Å². The largest absolute Gasteiger partial charge is 0.298 e. The van der Waals surface area contributed by atoms with E-state index in [-0.39, 0.29) is 0 Å². The number of pyridine rings is 1. The molecule has 2 fully saturated rings. The summed E-state index contributed by atoms with van der Waals surface area (Å²) in [4.78, 5) is 9.43. The molecule has 1 aromatic rings. The van der Waals surface area contributed by atoms with Crippen LogP contribution in [0.1, 0.15) is 38.2 Å². The number of piperazine rings is 1. The maximum absolute atomic E-state index is 4.09. The SMILES string of the molecule is C[C@H]1CCCC[C@@H]1N1CCN(Cc2ccncc2)CC1. The molecule has 0 bridgehead atoms. The van der Waals surface area contributed by atoms with E-state index in [9.17, 15) is 0 Å². The van der Waals surface area contributed by atoms with E-state index in [0.29, 0.717) is 0 Å². The quantitative estimate of drug-likeness (QED) is 0.844. The van der Waals surface area contributed by atoms with Crippen molar-refractivity contribution in [3.63, 3.8) is 0 Å². The average Bonchev–Trinajstić information content (AvgIpc) is 2.50. The van der Waals surface area contributed by atoms with E-state index in [2.05, 4.69) is 33.8 Å². The van der Waals surface area contributed by atoms with Crippen LogP contribution in [0.4, 0.5) is 0 Å². The molecule has 110 valence electrons. The van der Waals surface area contributed by atoms with E-state index in [1.54, 1.807) is 0 Å². The molecule has 2 atom stereocenters. The van der Waals surface area contributed by atoms with Crippen LogP contribution >= 0.6 is 0 Å². The molecule has 0 spiro atoms. The van der Waals surface area contributed by atoms with E-state index in [1.807, 2.05) is 12.4 Å². The highest BCUT2D eigenvalue weighted by atomic mass is 15.3. The normalized spacial score (nSPS) is 29.4. The Morgan fingerprint density at radius 3 is 2.45 bits per heavy atom. The summed E-state index contributed by atoms with van der Waals surface area (Å²) in [6.07, 6.45) is 9.53. The Bertz CT molecular complexity index is 398. The highest BCUT2D eigenvalue weighted by Crippen LogP contribution is 2.28. The van der Waals surface area contributed by atoms with Crippen LogP contribution in [-0.2, 0) is 6.54 Å². The van der Waals surface area contributed by atoms with Gasteiger partial charge in [-0.25, -0.2) is 0 Å². The second kappa shape index (κ2) is 6.68. The Balaban J connectivity index is 1.49. The monoisotopic (exact) mass is 273 g/mol. The number of nitrogens with zero attached hydrogens (tertiary/aromatic N) is 3. The third kappa shape index (κ3) is 3.39. The van der Waals surface area contributed by atoms with Crippen LogP contribution in [-0.4, -0.2) is 47.0 Å². The van der Waals surface area contributed by atoms with Crippen molar-refractivity contribution in [1.29, 1.82) is 0 Å². The summed E-state index contributed by atoms with van der Waals surface area (Å²) in [6, 6.07) is 5.12. The van der Waals surface area contributed by atoms with Gasteiger partial charge in [0.25, 0.3) is 0 Å². The molecule has 3 heteroatoms. The molecule has 0 amide bonds. The summed E-state index contributed by atoms with van der Waals surface area (Å²) in [5, 5.41) is 0. The molecule has 2 heterocycles. The molecule has 3 nitrogen and oxygen atoms in total. The molecule has 0 N–H and O–H groups in total. The van der Waals surface area contributed by atoms with Crippen LogP contribution in [0.3, 0.4) is 0 Å². The van der Waals surface area contributed by atoms with Crippen molar-refractivity contribution in [2.75, 3.05) is 26.2 Å². The fourth-order valence-corrected chi connectivity index (χ4v) is 3.84. The Labute approximate surface area is 123 Å². The highest BCUT2D eigenvalue weighted by Gasteiger charge is 2.29. The second-order valence-electron chi connectivity index (χ2n) is 6.50. The van der Waals surface area contributed by atoms with Crippen LogP contribution in [0.2, 0.25) is 0 Å². The topological polar surface area (TPSA) is 19.4 Å². The lowest BCUT2D eigenvalue weighted by Crippen LogP contribution is -2.52. The Morgan fingerprint density at radius 1 is 1.05 bits per heavy atom. The van der Waals surface area contributed by atoms with E-state index < -0.39 is 0 Å². The van der Waals surface area contributed by atoms with Crippen LogP contribution < -0.4 is 0 Å². The Kier molecular flexibility index (Phi) is 4.69. The number of rotatable bonds is 3. The van der Waals surface area contributed by atoms with Gasteiger partial charge in [0.15, 0.2) is 0 Å². The molecule has 2 aliphatic rings. The molecular formula is C17H27N3. The Hall–Kier alpha value is -0.930. The van der Waals surface area contributed by atoms with E-state index in [0.717, 1.165) is 18.5 Å². The summed E-state index contributed by atoms with van der Waals surface area (Å²) in [7, 11) is 0. The smallest absolute Gasteiger partial charge is 0.0271 e. The molecule has 0 unspecified atom stereocenters. The van der Waals surface area contributed by atoms with Crippen molar-refractivity contribution < 1.29 is 0 Å². The first-order valence-corrected chi connectivity index (χ1v) is 8.18. The zero-order valence-electron chi connectivity index (χ0n) is 12.7. The van der Waals surface area contributed by atoms with Crippen LogP contribution in [0.15, 0.2) is 24.5 Å². The maximum atomic E-state index is 4.09. The minimum absolute atomic E-state index is 0.854. The minimum Gasteiger partial charge on any atom is -0.298 e. The molecule has 1 saturated heterocycles. The van der Waals surface area contributed by atoms with Gasteiger partial charge in [-0.1, -0.05) is 19.8 Å².